The SMILES string of the molecule is CCSCCC(C)CNCCOC. The Balaban J connectivity index is 3.05. The molecule has 0 aromatic heterocycles. The van der Waals surface area contributed by atoms with Gasteiger partial charge in [-0.2, -0.15) is 11.8 Å². The summed E-state index contributed by atoms with van der Waals surface area (Å²) in [7, 11) is 1.74. The smallest absolute Gasteiger partial charge is 0.0587 e. The summed E-state index contributed by atoms with van der Waals surface area (Å²) in [6, 6.07) is 0. The molecule has 2 nitrogen and oxygen atoms in total. The van der Waals surface area contributed by atoms with Crippen molar-refractivity contribution in [2.45, 2.75) is 20.3 Å². The molecule has 13 heavy (non-hydrogen) atoms. The van der Waals surface area contributed by atoms with Gasteiger partial charge in [-0.1, -0.05) is 13.8 Å². The van der Waals surface area contributed by atoms with Crippen LogP contribution >= 0.6 is 11.8 Å². The van der Waals surface area contributed by atoms with E-state index >= 15 is 0 Å². The molecule has 1 N–H and O–H groups in total. The zero-order chi connectivity index (χ0) is 9.94. The van der Waals surface area contributed by atoms with Crippen molar-refractivity contribution >= 4 is 11.8 Å². The first-order valence-corrected chi connectivity index (χ1v) is 6.24. The van der Waals surface area contributed by atoms with Crippen LogP contribution in [0.25, 0.3) is 0 Å². The average Bonchev–Trinajstić information content (AvgIpc) is 2.13. The van der Waals surface area contributed by atoms with Crippen LogP contribution in [0.3, 0.4) is 0 Å². The first kappa shape index (κ1) is 13.3. The van der Waals surface area contributed by atoms with Crippen LogP contribution in [-0.2, 0) is 4.74 Å². The molecule has 0 amide bonds. The van der Waals surface area contributed by atoms with Gasteiger partial charge >= 0.3 is 0 Å². The van der Waals surface area contributed by atoms with E-state index in [0.29, 0.717) is 0 Å². The Morgan fingerprint density at radius 3 is 2.85 bits per heavy atom. The molecule has 1 unspecified atom stereocenters. The Bertz CT molecular complexity index is 101. The second kappa shape index (κ2) is 10.4. The Morgan fingerprint density at radius 2 is 2.23 bits per heavy atom. The summed E-state index contributed by atoms with van der Waals surface area (Å²) in [5.41, 5.74) is 0. The largest absolute Gasteiger partial charge is 0.383 e. The maximum absolute atomic E-state index is 4.96. The maximum Gasteiger partial charge on any atom is 0.0587 e. The minimum atomic E-state index is 0.788. The summed E-state index contributed by atoms with van der Waals surface area (Å²) in [6.07, 6.45) is 1.32. The molecule has 3 heteroatoms. The summed E-state index contributed by atoms with van der Waals surface area (Å²) in [5.74, 6) is 3.32. The zero-order valence-corrected chi connectivity index (χ0v) is 9.95. The fourth-order valence-corrected chi connectivity index (χ4v) is 1.91. The van der Waals surface area contributed by atoms with Gasteiger partial charge in [0.05, 0.1) is 6.61 Å². The molecule has 0 fully saturated rings. The van der Waals surface area contributed by atoms with Crippen LogP contribution in [0.4, 0.5) is 0 Å². The summed E-state index contributed by atoms with van der Waals surface area (Å²) < 4.78 is 4.96. The molecule has 0 heterocycles. The third-order valence-corrected chi connectivity index (χ3v) is 2.87. The Hall–Kier alpha value is 0.270. The fourth-order valence-electron chi connectivity index (χ4n) is 1.05. The number of ether oxygens (including phenoxy) is 1. The van der Waals surface area contributed by atoms with Crippen molar-refractivity contribution in [3.8, 4) is 0 Å². The van der Waals surface area contributed by atoms with Crippen LogP contribution < -0.4 is 5.32 Å². The highest BCUT2D eigenvalue weighted by Crippen LogP contribution is 2.07. The number of rotatable bonds is 9. The molecule has 0 saturated carbocycles. The molecule has 0 aliphatic carbocycles. The van der Waals surface area contributed by atoms with Crippen LogP contribution in [0.15, 0.2) is 0 Å². The van der Waals surface area contributed by atoms with Crippen molar-refractivity contribution in [1.29, 1.82) is 0 Å². The Morgan fingerprint density at radius 1 is 1.46 bits per heavy atom. The van der Waals surface area contributed by atoms with E-state index in [1.54, 1.807) is 7.11 Å². The lowest BCUT2D eigenvalue weighted by molar-refractivity contribution is 0.198. The minimum absolute atomic E-state index is 0.788. The second-order valence-electron chi connectivity index (χ2n) is 3.29. The maximum atomic E-state index is 4.96. The summed E-state index contributed by atoms with van der Waals surface area (Å²) >= 11 is 2.03. The lowest BCUT2D eigenvalue weighted by Gasteiger charge is -2.11. The monoisotopic (exact) mass is 205 g/mol. The number of nitrogens with one attached hydrogen (secondary N) is 1. The van der Waals surface area contributed by atoms with Gasteiger partial charge in [0, 0.05) is 13.7 Å². The van der Waals surface area contributed by atoms with Gasteiger partial charge in [-0.25, -0.2) is 0 Å². The normalized spacial score (nSPS) is 13.2. The summed E-state index contributed by atoms with van der Waals surface area (Å²) in [4.78, 5) is 0. The zero-order valence-electron chi connectivity index (χ0n) is 9.14. The van der Waals surface area contributed by atoms with Crippen molar-refractivity contribution in [3.63, 3.8) is 0 Å². The van der Waals surface area contributed by atoms with E-state index in [9.17, 15) is 0 Å². The van der Waals surface area contributed by atoms with Gasteiger partial charge in [-0.05, 0) is 30.4 Å². The van der Waals surface area contributed by atoms with E-state index in [4.69, 9.17) is 4.74 Å². The van der Waals surface area contributed by atoms with Gasteiger partial charge in [0.2, 0.25) is 0 Å². The molecular weight excluding hydrogens is 182 g/mol. The van der Waals surface area contributed by atoms with Gasteiger partial charge in [0.25, 0.3) is 0 Å². The van der Waals surface area contributed by atoms with Gasteiger partial charge < -0.3 is 10.1 Å². The number of hydrogen-bond donors (Lipinski definition) is 1. The van der Waals surface area contributed by atoms with E-state index in [0.717, 1.165) is 25.6 Å². The number of hydrogen-bond acceptors (Lipinski definition) is 3. The Kier molecular flexibility index (Phi) is 10.6. The molecule has 0 radical (unpaired) electrons. The fraction of sp³-hybridized carbons (Fsp3) is 1.00. The van der Waals surface area contributed by atoms with E-state index < -0.39 is 0 Å². The minimum Gasteiger partial charge on any atom is -0.383 e. The van der Waals surface area contributed by atoms with Crippen molar-refractivity contribution in [3.05, 3.63) is 0 Å². The third-order valence-electron chi connectivity index (χ3n) is 1.93. The summed E-state index contributed by atoms with van der Waals surface area (Å²) in [5, 5.41) is 3.38. The quantitative estimate of drug-likeness (QED) is 0.582. The summed E-state index contributed by atoms with van der Waals surface area (Å²) in [6.45, 7) is 7.42. The molecule has 0 saturated heterocycles. The highest BCUT2D eigenvalue weighted by Gasteiger charge is 2.00. The van der Waals surface area contributed by atoms with Crippen LogP contribution in [-0.4, -0.2) is 38.3 Å². The van der Waals surface area contributed by atoms with Crippen molar-refractivity contribution in [1.82, 2.24) is 5.32 Å². The predicted octanol–water partition coefficient (Wildman–Crippen LogP) is 2.00. The molecule has 80 valence electrons. The molecule has 0 aliphatic rings. The molecule has 0 rings (SSSR count). The highest BCUT2D eigenvalue weighted by molar-refractivity contribution is 7.99. The lowest BCUT2D eigenvalue weighted by atomic mass is 10.1. The molecular formula is C10H23NOS. The predicted molar refractivity (Wildman–Crippen MR) is 61.5 cm³/mol. The second-order valence-corrected chi connectivity index (χ2v) is 4.68. The van der Waals surface area contributed by atoms with E-state index in [1.165, 1.54) is 17.9 Å². The van der Waals surface area contributed by atoms with Crippen LogP contribution in [0, 0.1) is 5.92 Å². The van der Waals surface area contributed by atoms with Gasteiger partial charge in [-0.3, -0.25) is 0 Å². The molecule has 1 atom stereocenters. The first-order valence-electron chi connectivity index (χ1n) is 5.08. The van der Waals surface area contributed by atoms with Crippen molar-refractivity contribution < 1.29 is 4.74 Å². The van der Waals surface area contributed by atoms with E-state index in [1.807, 2.05) is 11.8 Å². The van der Waals surface area contributed by atoms with Crippen LogP contribution in [0.5, 0.6) is 0 Å². The molecule has 0 aliphatic heterocycles. The number of methoxy groups -OCH3 is 1. The van der Waals surface area contributed by atoms with Crippen LogP contribution in [0.1, 0.15) is 20.3 Å². The average molecular weight is 205 g/mol. The van der Waals surface area contributed by atoms with Crippen molar-refractivity contribution in [2.24, 2.45) is 5.92 Å². The lowest BCUT2D eigenvalue weighted by Crippen LogP contribution is -2.25. The molecule has 0 aromatic carbocycles. The van der Waals surface area contributed by atoms with Crippen molar-refractivity contribution in [2.75, 3.05) is 38.3 Å². The molecule has 0 spiro atoms. The van der Waals surface area contributed by atoms with E-state index in [2.05, 4.69) is 19.2 Å². The first-order chi connectivity index (χ1) is 6.31. The highest BCUT2D eigenvalue weighted by atomic mass is 32.2. The van der Waals surface area contributed by atoms with E-state index in [-0.39, 0.29) is 0 Å². The van der Waals surface area contributed by atoms with Gasteiger partial charge in [0.15, 0.2) is 0 Å². The molecule has 0 aromatic rings. The topological polar surface area (TPSA) is 21.3 Å². The molecule has 0 bridgehead atoms. The van der Waals surface area contributed by atoms with Crippen LogP contribution in [0.2, 0.25) is 0 Å². The Labute approximate surface area is 86.8 Å². The standard InChI is InChI=1S/C10H23NOS/c1-4-13-8-5-10(2)9-11-6-7-12-3/h10-11H,4-9H2,1-3H3. The number of thioether (sulfide) groups is 1. The third kappa shape index (κ3) is 10.2. The van der Waals surface area contributed by atoms with Gasteiger partial charge in [0.1, 0.15) is 0 Å². The van der Waals surface area contributed by atoms with Gasteiger partial charge in [-0.15, -0.1) is 0 Å².